The van der Waals surface area contributed by atoms with Crippen molar-refractivity contribution in [3.63, 3.8) is 0 Å². The number of hydrogen-bond donors (Lipinski definition) is 3. The quantitative estimate of drug-likeness (QED) is 0.259. The fourth-order valence-electron chi connectivity index (χ4n) is 4.17. The van der Waals surface area contributed by atoms with Crippen molar-refractivity contribution >= 4 is 5.97 Å². The topological polar surface area (TPSA) is 78.8 Å². The lowest BCUT2D eigenvalue weighted by Crippen LogP contribution is -2.36. The summed E-state index contributed by atoms with van der Waals surface area (Å²) in [5.74, 6) is -0.319. The molecule has 5 nitrogen and oxygen atoms in total. The van der Waals surface area contributed by atoms with Crippen molar-refractivity contribution in [3.05, 3.63) is 108 Å². The number of benzene rings is 3. The summed E-state index contributed by atoms with van der Waals surface area (Å²) in [5.41, 5.74) is 2.55. The zero-order valence-corrected chi connectivity index (χ0v) is 21.2. The van der Waals surface area contributed by atoms with Crippen molar-refractivity contribution in [1.82, 2.24) is 5.32 Å². The molecule has 1 fully saturated rings. The van der Waals surface area contributed by atoms with Crippen LogP contribution in [-0.2, 0) is 15.1 Å². The Morgan fingerprint density at radius 2 is 1.47 bits per heavy atom. The first kappa shape index (κ1) is 27.6. The standard InChI is InChI=1S/C23H31NO.C8H8O3/c1-2-3-18-25-23(21-10-6-4-7-11-21,22-12-8-5-9-13-22)16-17-24-19-20-14-15-20;9-7(8(10)11)6-4-2-1-3-5-6/h4-13,20,24H,2-3,14-19H2,1H3;1-5,7,9H,(H,10,11). The van der Waals surface area contributed by atoms with Crippen LogP contribution >= 0.6 is 0 Å². The summed E-state index contributed by atoms with van der Waals surface area (Å²) in [4.78, 5) is 10.2. The van der Waals surface area contributed by atoms with Gasteiger partial charge in [0.1, 0.15) is 5.60 Å². The third kappa shape index (κ3) is 8.30. The Hall–Kier alpha value is -2.99. The van der Waals surface area contributed by atoms with Gasteiger partial charge in [-0.1, -0.05) is 104 Å². The lowest BCUT2D eigenvalue weighted by atomic mass is 9.83. The molecular formula is C31H39NO4. The predicted molar refractivity (Wildman–Crippen MR) is 144 cm³/mol. The first-order chi connectivity index (χ1) is 17.6. The number of carbonyl (C=O) groups is 1. The molecule has 3 N–H and O–H groups in total. The monoisotopic (exact) mass is 489 g/mol. The zero-order chi connectivity index (χ0) is 25.6. The number of ether oxygens (including phenoxy) is 1. The van der Waals surface area contributed by atoms with Gasteiger partial charge in [0.2, 0.25) is 0 Å². The molecule has 4 rings (SSSR count). The van der Waals surface area contributed by atoms with Crippen LogP contribution in [0.4, 0.5) is 0 Å². The van der Waals surface area contributed by atoms with Gasteiger partial charge in [0.15, 0.2) is 6.10 Å². The molecule has 0 saturated heterocycles. The SMILES string of the molecule is CCCCOC(CCNCC1CC1)(c1ccccc1)c1ccccc1.O=C(O)C(O)c1ccccc1. The summed E-state index contributed by atoms with van der Waals surface area (Å²) in [6, 6.07) is 29.7. The summed E-state index contributed by atoms with van der Waals surface area (Å²) in [6.07, 6.45) is 4.58. The van der Waals surface area contributed by atoms with E-state index in [9.17, 15) is 4.79 Å². The molecule has 36 heavy (non-hydrogen) atoms. The van der Waals surface area contributed by atoms with E-state index < -0.39 is 12.1 Å². The van der Waals surface area contributed by atoms with Gasteiger partial charge in [-0.3, -0.25) is 0 Å². The average Bonchev–Trinajstić information content (AvgIpc) is 3.76. The average molecular weight is 490 g/mol. The third-order valence-electron chi connectivity index (χ3n) is 6.46. The minimum atomic E-state index is -1.41. The Morgan fingerprint density at radius 3 is 1.94 bits per heavy atom. The van der Waals surface area contributed by atoms with Gasteiger partial charge >= 0.3 is 5.97 Å². The first-order valence-corrected chi connectivity index (χ1v) is 13.0. The van der Waals surface area contributed by atoms with E-state index in [0.29, 0.717) is 5.56 Å². The highest BCUT2D eigenvalue weighted by Crippen LogP contribution is 2.37. The maximum Gasteiger partial charge on any atom is 0.337 e. The molecule has 0 heterocycles. The number of unbranched alkanes of at least 4 members (excludes halogenated alkanes) is 1. The summed E-state index contributed by atoms with van der Waals surface area (Å²) >= 11 is 0. The number of hydrogen-bond acceptors (Lipinski definition) is 4. The lowest BCUT2D eigenvalue weighted by molar-refractivity contribution is -0.146. The number of aliphatic hydroxyl groups excluding tert-OH is 1. The lowest BCUT2D eigenvalue weighted by Gasteiger charge is -2.35. The highest BCUT2D eigenvalue weighted by molar-refractivity contribution is 5.73. The minimum Gasteiger partial charge on any atom is -0.479 e. The number of aliphatic hydroxyl groups is 1. The van der Waals surface area contributed by atoms with E-state index in [1.165, 1.54) is 24.0 Å². The van der Waals surface area contributed by atoms with Crippen LogP contribution in [0.15, 0.2) is 91.0 Å². The number of carboxylic acid groups (broad SMARTS) is 1. The maximum absolute atomic E-state index is 10.2. The molecule has 0 radical (unpaired) electrons. The van der Waals surface area contributed by atoms with Crippen molar-refractivity contribution < 1.29 is 19.7 Å². The number of rotatable bonds is 13. The van der Waals surface area contributed by atoms with Gasteiger partial charge in [-0.15, -0.1) is 0 Å². The Labute approximate surface area is 215 Å². The molecule has 0 aliphatic heterocycles. The normalized spacial score (nSPS) is 13.9. The van der Waals surface area contributed by atoms with Gasteiger partial charge < -0.3 is 20.3 Å². The second-order valence-corrected chi connectivity index (χ2v) is 9.31. The summed E-state index contributed by atoms with van der Waals surface area (Å²) in [7, 11) is 0. The molecule has 0 bridgehead atoms. The highest BCUT2D eigenvalue weighted by atomic mass is 16.5. The summed E-state index contributed by atoms with van der Waals surface area (Å²) in [6.45, 7) is 5.14. The van der Waals surface area contributed by atoms with Gasteiger partial charge in [0.05, 0.1) is 0 Å². The molecule has 1 unspecified atom stereocenters. The van der Waals surface area contributed by atoms with Crippen LogP contribution in [0.2, 0.25) is 0 Å². The van der Waals surface area contributed by atoms with E-state index in [2.05, 4.69) is 72.9 Å². The summed E-state index contributed by atoms with van der Waals surface area (Å²) < 4.78 is 6.62. The number of carboxylic acids is 1. The van der Waals surface area contributed by atoms with Gasteiger partial charge in [-0.25, -0.2) is 4.79 Å². The Kier molecular flexibility index (Phi) is 11.1. The smallest absolute Gasteiger partial charge is 0.337 e. The van der Waals surface area contributed by atoms with Crippen molar-refractivity contribution in [1.29, 1.82) is 0 Å². The van der Waals surface area contributed by atoms with Crippen LogP contribution in [0, 0.1) is 5.92 Å². The molecular weight excluding hydrogens is 450 g/mol. The van der Waals surface area contributed by atoms with Crippen LogP contribution in [0.25, 0.3) is 0 Å². The Bertz CT molecular complexity index is 967. The number of nitrogens with one attached hydrogen (secondary N) is 1. The summed E-state index contributed by atoms with van der Waals surface area (Å²) in [5, 5.41) is 21.0. The van der Waals surface area contributed by atoms with E-state index in [0.717, 1.165) is 44.9 Å². The highest BCUT2D eigenvalue weighted by Gasteiger charge is 2.35. The van der Waals surface area contributed by atoms with Crippen LogP contribution in [0.5, 0.6) is 0 Å². The van der Waals surface area contributed by atoms with E-state index in [-0.39, 0.29) is 5.60 Å². The Balaban J connectivity index is 0.000000275. The number of aliphatic carboxylic acids is 1. The zero-order valence-electron chi connectivity index (χ0n) is 21.2. The van der Waals surface area contributed by atoms with Gasteiger partial charge in [-0.05, 0) is 61.4 Å². The third-order valence-corrected chi connectivity index (χ3v) is 6.46. The molecule has 1 atom stereocenters. The fourth-order valence-corrected chi connectivity index (χ4v) is 4.17. The van der Waals surface area contributed by atoms with Gasteiger partial charge in [0.25, 0.3) is 0 Å². The maximum atomic E-state index is 10.2. The molecule has 5 heteroatoms. The molecule has 0 spiro atoms. The van der Waals surface area contributed by atoms with Crippen LogP contribution in [0.3, 0.4) is 0 Å². The molecule has 3 aromatic carbocycles. The van der Waals surface area contributed by atoms with E-state index in [1.807, 2.05) is 0 Å². The van der Waals surface area contributed by atoms with E-state index in [4.69, 9.17) is 14.9 Å². The van der Waals surface area contributed by atoms with E-state index >= 15 is 0 Å². The molecule has 0 amide bonds. The van der Waals surface area contributed by atoms with Crippen LogP contribution in [0.1, 0.15) is 61.8 Å². The molecule has 1 saturated carbocycles. The van der Waals surface area contributed by atoms with Crippen LogP contribution in [-0.4, -0.2) is 35.9 Å². The molecule has 0 aromatic heterocycles. The molecule has 1 aliphatic carbocycles. The molecule has 192 valence electrons. The first-order valence-electron chi connectivity index (χ1n) is 13.0. The molecule has 1 aliphatic rings. The van der Waals surface area contributed by atoms with Crippen molar-refractivity contribution in [3.8, 4) is 0 Å². The largest absolute Gasteiger partial charge is 0.479 e. The second kappa shape index (κ2) is 14.5. The Morgan fingerprint density at radius 1 is 0.944 bits per heavy atom. The van der Waals surface area contributed by atoms with Crippen molar-refractivity contribution in [2.24, 2.45) is 5.92 Å². The molecule has 3 aromatic rings. The van der Waals surface area contributed by atoms with E-state index in [1.54, 1.807) is 30.3 Å². The predicted octanol–water partition coefficient (Wildman–Crippen LogP) is 5.94. The second-order valence-electron chi connectivity index (χ2n) is 9.31. The van der Waals surface area contributed by atoms with Crippen molar-refractivity contribution in [2.45, 2.75) is 50.7 Å². The van der Waals surface area contributed by atoms with Crippen LogP contribution < -0.4 is 5.32 Å². The fraction of sp³-hybridized carbons (Fsp3) is 0.387. The van der Waals surface area contributed by atoms with Gasteiger partial charge in [-0.2, -0.15) is 0 Å². The van der Waals surface area contributed by atoms with Crippen molar-refractivity contribution in [2.75, 3.05) is 19.7 Å². The minimum absolute atomic E-state index is 0.367. The van der Waals surface area contributed by atoms with Gasteiger partial charge in [0, 0.05) is 6.61 Å².